The highest BCUT2D eigenvalue weighted by Gasteiger charge is 2.16. The Hall–Kier alpha value is -0.900. The van der Waals surface area contributed by atoms with Crippen molar-refractivity contribution in [2.45, 2.75) is 19.4 Å². The van der Waals surface area contributed by atoms with Gasteiger partial charge in [0.25, 0.3) is 0 Å². The molecule has 0 bridgehead atoms. The lowest BCUT2D eigenvalue weighted by Gasteiger charge is -2.31. The second kappa shape index (κ2) is 6.88. The zero-order valence-electron chi connectivity index (χ0n) is 11.6. The zero-order chi connectivity index (χ0) is 12.8. The van der Waals surface area contributed by atoms with Gasteiger partial charge in [0.2, 0.25) is 0 Å². The Bertz CT molecular complexity index is 341. The van der Waals surface area contributed by atoms with Crippen LogP contribution in [0.5, 0.6) is 0 Å². The lowest BCUT2D eigenvalue weighted by Crippen LogP contribution is -2.46. The quantitative estimate of drug-likeness (QED) is 0.824. The number of hydrogen-bond acceptors (Lipinski definition) is 3. The minimum Gasteiger partial charge on any atom is -0.314 e. The van der Waals surface area contributed by atoms with E-state index in [0.717, 1.165) is 39.1 Å². The van der Waals surface area contributed by atoms with E-state index in [4.69, 9.17) is 0 Å². The normalized spacial score (nSPS) is 18.8. The maximum Gasteiger partial charge on any atom is 0.0446 e. The molecular weight excluding hydrogens is 222 g/mol. The van der Waals surface area contributed by atoms with E-state index >= 15 is 0 Å². The van der Waals surface area contributed by atoms with Gasteiger partial charge < -0.3 is 10.6 Å². The van der Waals surface area contributed by atoms with Crippen LogP contribution in [0.4, 0.5) is 0 Å². The van der Waals surface area contributed by atoms with Crippen LogP contribution in [-0.2, 0) is 6.42 Å². The van der Waals surface area contributed by atoms with Gasteiger partial charge >= 0.3 is 0 Å². The Labute approximate surface area is 111 Å². The highest BCUT2D eigenvalue weighted by molar-refractivity contribution is 5.25. The molecule has 1 aliphatic heterocycles. The van der Waals surface area contributed by atoms with Crippen molar-refractivity contribution in [1.29, 1.82) is 0 Å². The van der Waals surface area contributed by atoms with Gasteiger partial charge in [0.1, 0.15) is 0 Å². The summed E-state index contributed by atoms with van der Waals surface area (Å²) in [5, 5.41) is 6.84. The van der Waals surface area contributed by atoms with Crippen LogP contribution in [-0.4, -0.2) is 44.7 Å². The predicted molar refractivity (Wildman–Crippen MR) is 76.9 cm³/mol. The fraction of sp³-hybridized carbons (Fsp3) is 0.600. The molecule has 0 spiro atoms. The van der Waals surface area contributed by atoms with Crippen molar-refractivity contribution >= 4 is 0 Å². The largest absolute Gasteiger partial charge is 0.314 e. The van der Waals surface area contributed by atoms with Crippen LogP contribution in [0.2, 0.25) is 0 Å². The van der Waals surface area contributed by atoms with Crippen LogP contribution < -0.4 is 10.6 Å². The monoisotopic (exact) mass is 247 g/mol. The van der Waals surface area contributed by atoms with Gasteiger partial charge in [0.15, 0.2) is 0 Å². The molecule has 0 radical (unpaired) electrons. The minimum absolute atomic E-state index is 0.439. The van der Waals surface area contributed by atoms with Crippen LogP contribution in [0, 0.1) is 0 Å². The fourth-order valence-corrected chi connectivity index (χ4v) is 2.50. The van der Waals surface area contributed by atoms with Crippen molar-refractivity contribution in [2.24, 2.45) is 0 Å². The van der Waals surface area contributed by atoms with Crippen LogP contribution in [0.1, 0.15) is 24.1 Å². The summed E-state index contributed by atoms with van der Waals surface area (Å²) in [6.45, 7) is 7.85. The molecule has 0 aromatic heterocycles. The topological polar surface area (TPSA) is 27.3 Å². The molecule has 1 atom stereocenters. The van der Waals surface area contributed by atoms with Crippen LogP contribution in [0.25, 0.3) is 0 Å². The van der Waals surface area contributed by atoms with Crippen molar-refractivity contribution in [2.75, 3.05) is 39.8 Å². The molecule has 1 unspecified atom stereocenters. The van der Waals surface area contributed by atoms with E-state index < -0.39 is 0 Å². The number of piperazine rings is 1. The van der Waals surface area contributed by atoms with Crippen molar-refractivity contribution < 1.29 is 0 Å². The minimum atomic E-state index is 0.439. The van der Waals surface area contributed by atoms with E-state index in [2.05, 4.69) is 53.8 Å². The van der Waals surface area contributed by atoms with Gasteiger partial charge in [0.05, 0.1) is 0 Å². The Kier molecular flexibility index (Phi) is 5.17. The van der Waals surface area contributed by atoms with Gasteiger partial charge in [-0.05, 0) is 24.6 Å². The number of rotatable bonds is 5. The summed E-state index contributed by atoms with van der Waals surface area (Å²) in [5.41, 5.74) is 2.81. The van der Waals surface area contributed by atoms with Gasteiger partial charge in [-0.1, -0.05) is 31.2 Å². The van der Waals surface area contributed by atoms with Crippen molar-refractivity contribution in [3.63, 3.8) is 0 Å². The van der Waals surface area contributed by atoms with E-state index in [1.165, 1.54) is 11.1 Å². The van der Waals surface area contributed by atoms with E-state index in [1.54, 1.807) is 0 Å². The summed E-state index contributed by atoms with van der Waals surface area (Å²) in [4.78, 5) is 2.53. The average Bonchev–Trinajstić information content (AvgIpc) is 2.46. The molecular formula is C15H25N3. The number of aryl methyl sites for hydroxylation is 1. The molecule has 0 aliphatic carbocycles. The Morgan fingerprint density at radius 1 is 1.22 bits per heavy atom. The first-order valence-corrected chi connectivity index (χ1v) is 7.02. The molecule has 1 fully saturated rings. The third-order valence-corrected chi connectivity index (χ3v) is 3.79. The lowest BCUT2D eigenvalue weighted by molar-refractivity contribution is 0.219. The third-order valence-electron chi connectivity index (χ3n) is 3.79. The maximum absolute atomic E-state index is 3.44. The average molecular weight is 247 g/mol. The second-order valence-electron chi connectivity index (χ2n) is 4.99. The smallest absolute Gasteiger partial charge is 0.0446 e. The van der Waals surface area contributed by atoms with Gasteiger partial charge in [-0.25, -0.2) is 0 Å². The molecule has 1 saturated heterocycles. The summed E-state index contributed by atoms with van der Waals surface area (Å²) in [7, 11) is 2.06. The molecule has 0 saturated carbocycles. The first-order chi connectivity index (χ1) is 8.83. The first-order valence-electron chi connectivity index (χ1n) is 7.02. The van der Waals surface area contributed by atoms with Gasteiger partial charge in [-0.3, -0.25) is 4.90 Å². The molecule has 2 rings (SSSR count). The number of nitrogens with one attached hydrogen (secondary N) is 2. The SMILES string of the molecule is CCc1ccc(C(CN2CCNCC2)NC)cc1. The molecule has 3 nitrogen and oxygen atoms in total. The summed E-state index contributed by atoms with van der Waals surface area (Å²) in [5.74, 6) is 0. The second-order valence-corrected chi connectivity index (χ2v) is 4.99. The van der Waals surface area contributed by atoms with Gasteiger partial charge in [-0.2, -0.15) is 0 Å². The van der Waals surface area contributed by atoms with Crippen LogP contribution in [0.15, 0.2) is 24.3 Å². The predicted octanol–water partition coefficient (Wildman–Crippen LogP) is 1.41. The number of hydrogen-bond donors (Lipinski definition) is 2. The first kappa shape index (κ1) is 13.5. The third kappa shape index (κ3) is 3.55. The fourth-order valence-electron chi connectivity index (χ4n) is 2.50. The van der Waals surface area contributed by atoms with Gasteiger partial charge in [0, 0.05) is 38.8 Å². The number of nitrogens with zero attached hydrogens (tertiary/aromatic N) is 1. The Morgan fingerprint density at radius 3 is 2.44 bits per heavy atom. The highest BCUT2D eigenvalue weighted by atomic mass is 15.2. The van der Waals surface area contributed by atoms with E-state index in [9.17, 15) is 0 Å². The molecule has 0 amide bonds. The van der Waals surface area contributed by atoms with Crippen LogP contribution in [0.3, 0.4) is 0 Å². The summed E-state index contributed by atoms with van der Waals surface area (Å²) < 4.78 is 0. The number of benzene rings is 1. The van der Waals surface area contributed by atoms with E-state index in [-0.39, 0.29) is 0 Å². The summed E-state index contributed by atoms with van der Waals surface area (Å²) in [6.07, 6.45) is 1.11. The number of likely N-dealkylation sites (N-methyl/N-ethyl adjacent to an activating group) is 1. The lowest BCUT2D eigenvalue weighted by atomic mass is 10.0. The van der Waals surface area contributed by atoms with Crippen molar-refractivity contribution in [1.82, 2.24) is 15.5 Å². The maximum atomic E-state index is 3.44. The molecule has 18 heavy (non-hydrogen) atoms. The van der Waals surface area contributed by atoms with Crippen LogP contribution >= 0.6 is 0 Å². The Morgan fingerprint density at radius 2 is 1.89 bits per heavy atom. The molecule has 1 aromatic carbocycles. The molecule has 1 aliphatic rings. The molecule has 3 heteroatoms. The molecule has 100 valence electrons. The molecule has 1 heterocycles. The molecule has 2 N–H and O–H groups in total. The van der Waals surface area contributed by atoms with Gasteiger partial charge in [-0.15, -0.1) is 0 Å². The molecule has 1 aromatic rings. The Balaban J connectivity index is 1.97. The van der Waals surface area contributed by atoms with Crippen molar-refractivity contribution in [3.05, 3.63) is 35.4 Å². The summed E-state index contributed by atoms with van der Waals surface area (Å²) in [6, 6.07) is 9.47. The summed E-state index contributed by atoms with van der Waals surface area (Å²) >= 11 is 0. The zero-order valence-corrected chi connectivity index (χ0v) is 11.6. The van der Waals surface area contributed by atoms with E-state index in [1.807, 2.05) is 0 Å². The van der Waals surface area contributed by atoms with E-state index in [0.29, 0.717) is 6.04 Å². The standard InChI is InChI=1S/C15H25N3/c1-3-13-4-6-14(7-5-13)15(16-2)12-18-10-8-17-9-11-18/h4-7,15-17H,3,8-12H2,1-2H3. The van der Waals surface area contributed by atoms with Crippen molar-refractivity contribution in [3.8, 4) is 0 Å². The highest BCUT2D eigenvalue weighted by Crippen LogP contribution is 2.15.